The van der Waals surface area contributed by atoms with E-state index in [2.05, 4.69) is 27.8 Å². The van der Waals surface area contributed by atoms with Crippen LogP contribution in [0.15, 0.2) is 51.6 Å². The molecule has 1 unspecified atom stereocenters. The zero-order valence-electron chi connectivity index (χ0n) is 15.7. The molecule has 1 aromatic rings. The number of amides is 1. The molecule has 142 valence electrons. The molecule has 1 aliphatic carbocycles. The van der Waals surface area contributed by atoms with Gasteiger partial charge in [-0.2, -0.15) is 0 Å². The van der Waals surface area contributed by atoms with Crippen LogP contribution in [0.2, 0.25) is 0 Å². The van der Waals surface area contributed by atoms with Gasteiger partial charge in [0, 0.05) is 46.5 Å². The predicted octanol–water partition coefficient (Wildman–Crippen LogP) is 2.61. The van der Waals surface area contributed by atoms with Crippen LogP contribution in [0.5, 0.6) is 0 Å². The minimum absolute atomic E-state index is 0.122. The maximum atomic E-state index is 12.4. The van der Waals surface area contributed by atoms with Crippen molar-refractivity contribution in [3.63, 3.8) is 0 Å². The number of allylic oxidation sites excluding steroid dienone is 3. The average molecular weight is 384 g/mol. The molecule has 1 heterocycles. The second kappa shape index (κ2) is 9.14. The van der Waals surface area contributed by atoms with Gasteiger partial charge >= 0.3 is 0 Å². The lowest BCUT2D eigenvalue weighted by molar-refractivity contribution is 0.0954. The molecule has 3 rings (SSSR count). The fourth-order valence-corrected chi connectivity index (χ4v) is 3.92. The normalized spacial score (nSPS) is 17.6. The Hall–Kier alpha value is -2.20. The van der Waals surface area contributed by atoms with Gasteiger partial charge in [0.15, 0.2) is 0 Å². The van der Waals surface area contributed by atoms with Crippen molar-refractivity contribution in [2.45, 2.75) is 11.3 Å². The molecule has 0 fully saturated rings. The van der Waals surface area contributed by atoms with Gasteiger partial charge in [-0.25, -0.2) is 0 Å². The fraction of sp³-hybridized carbons (Fsp3) is 0.381. The lowest BCUT2D eigenvalue weighted by Crippen LogP contribution is -2.29. The number of hydrogen-bond acceptors (Lipinski definition) is 5. The van der Waals surface area contributed by atoms with Crippen LogP contribution in [0.1, 0.15) is 22.3 Å². The smallest absolute Gasteiger partial charge is 0.251 e. The van der Waals surface area contributed by atoms with Crippen LogP contribution in [0.25, 0.3) is 5.76 Å². The van der Waals surface area contributed by atoms with Crippen molar-refractivity contribution in [1.82, 2.24) is 10.2 Å². The third-order valence-electron chi connectivity index (χ3n) is 4.31. The molecule has 0 radical (unpaired) electrons. The van der Waals surface area contributed by atoms with Gasteiger partial charge in [0.2, 0.25) is 0 Å². The van der Waals surface area contributed by atoms with Crippen molar-refractivity contribution in [2.24, 2.45) is 11.7 Å². The first-order valence-corrected chi connectivity index (χ1v) is 9.90. The number of nitrogens with zero attached hydrogens (tertiary/aromatic N) is 1. The molecule has 1 aliphatic heterocycles. The van der Waals surface area contributed by atoms with Crippen LogP contribution in [0.3, 0.4) is 0 Å². The van der Waals surface area contributed by atoms with Gasteiger partial charge < -0.3 is 20.7 Å². The molecular formula is C21H25N3O2S. The van der Waals surface area contributed by atoms with Crippen molar-refractivity contribution in [3.05, 3.63) is 57.8 Å². The summed E-state index contributed by atoms with van der Waals surface area (Å²) in [6.07, 6.45) is 5.04. The Morgan fingerprint density at radius 1 is 1.44 bits per heavy atom. The maximum Gasteiger partial charge on any atom is 0.251 e. The predicted molar refractivity (Wildman–Crippen MR) is 109 cm³/mol. The van der Waals surface area contributed by atoms with E-state index in [1.54, 1.807) is 11.8 Å². The molecule has 1 aromatic carbocycles. The second-order valence-corrected chi connectivity index (χ2v) is 7.80. The van der Waals surface area contributed by atoms with Crippen molar-refractivity contribution in [1.29, 1.82) is 0 Å². The molecule has 1 amide bonds. The molecule has 27 heavy (non-hydrogen) atoms. The van der Waals surface area contributed by atoms with Gasteiger partial charge in [0.05, 0.1) is 0 Å². The third kappa shape index (κ3) is 4.95. The van der Waals surface area contributed by atoms with E-state index in [0.29, 0.717) is 25.3 Å². The Balaban J connectivity index is 1.94. The van der Waals surface area contributed by atoms with E-state index in [1.807, 2.05) is 38.4 Å². The van der Waals surface area contributed by atoms with E-state index in [9.17, 15) is 4.79 Å². The number of fused-ring (bicyclic) bond motifs is 2. The van der Waals surface area contributed by atoms with Crippen LogP contribution in [-0.2, 0) is 4.74 Å². The standard InChI is InChI=1S/C21H25N3O2S/c1-24(2)11-12-26-18-14-15-5-3-4-6-19(15)27-20-8-7-16(13-17(18)20)21(25)23-10-9-22/h3,7-8,13-15H,5,9-12,22H2,1-2H3,(H,23,25). The third-order valence-corrected chi connectivity index (χ3v) is 5.51. The Kier molecular flexibility index (Phi) is 6.62. The fourth-order valence-electron chi connectivity index (χ4n) is 2.85. The molecule has 0 saturated heterocycles. The Labute approximate surface area is 164 Å². The largest absolute Gasteiger partial charge is 0.492 e. The van der Waals surface area contributed by atoms with E-state index < -0.39 is 0 Å². The number of likely N-dealkylation sites (N-methyl/N-ethyl adjacent to an activating group) is 1. The van der Waals surface area contributed by atoms with Crippen molar-refractivity contribution >= 4 is 23.4 Å². The number of carbonyl (C=O) groups is 1. The summed E-state index contributed by atoms with van der Waals surface area (Å²) in [5.74, 6) is 0.931. The number of nitrogens with one attached hydrogen (secondary N) is 1. The zero-order chi connectivity index (χ0) is 19.2. The molecule has 1 atom stereocenters. The van der Waals surface area contributed by atoms with E-state index in [-0.39, 0.29) is 11.8 Å². The molecule has 2 aliphatic rings. The summed E-state index contributed by atoms with van der Waals surface area (Å²) in [5, 5.41) is 2.82. The monoisotopic (exact) mass is 383 g/mol. The summed E-state index contributed by atoms with van der Waals surface area (Å²) in [6.45, 7) is 2.28. The summed E-state index contributed by atoms with van der Waals surface area (Å²) < 4.78 is 6.14. The summed E-state index contributed by atoms with van der Waals surface area (Å²) in [6, 6.07) is 5.74. The Bertz CT molecular complexity index is 847. The van der Waals surface area contributed by atoms with Crippen LogP contribution in [0, 0.1) is 5.92 Å². The number of hydrogen-bond donors (Lipinski definition) is 2. The molecule has 5 nitrogen and oxygen atoms in total. The number of nitrogens with two attached hydrogens (primary N) is 1. The van der Waals surface area contributed by atoms with E-state index >= 15 is 0 Å². The van der Waals surface area contributed by atoms with Crippen LogP contribution in [0.4, 0.5) is 0 Å². The number of ether oxygens (including phenoxy) is 1. The molecule has 0 bridgehead atoms. The molecule has 3 N–H and O–H groups in total. The molecular weight excluding hydrogens is 358 g/mol. The van der Waals surface area contributed by atoms with E-state index in [4.69, 9.17) is 10.5 Å². The van der Waals surface area contributed by atoms with Crippen molar-refractivity contribution < 1.29 is 9.53 Å². The number of thioether (sulfide) groups is 1. The van der Waals surface area contributed by atoms with Gasteiger partial charge in [-0.1, -0.05) is 23.2 Å². The SMILES string of the molecule is CN(C)CCOC1=CC2CC=C=C=C2Sc2ccc(C(=O)NCCN)cc21. The number of benzene rings is 1. The molecule has 0 saturated carbocycles. The average Bonchev–Trinajstić information content (AvgIpc) is 2.81. The minimum Gasteiger partial charge on any atom is -0.492 e. The lowest BCUT2D eigenvalue weighted by Gasteiger charge is -2.16. The summed E-state index contributed by atoms with van der Waals surface area (Å²) in [7, 11) is 4.04. The first-order valence-electron chi connectivity index (χ1n) is 9.08. The highest BCUT2D eigenvalue weighted by Gasteiger charge is 2.24. The molecule has 6 heteroatoms. The topological polar surface area (TPSA) is 67.6 Å². The highest BCUT2D eigenvalue weighted by Crippen LogP contribution is 2.43. The highest BCUT2D eigenvalue weighted by molar-refractivity contribution is 8.03. The number of rotatable bonds is 7. The minimum atomic E-state index is -0.122. The highest BCUT2D eigenvalue weighted by atomic mass is 32.2. The van der Waals surface area contributed by atoms with Crippen LogP contribution in [-0.4, -0.2) is 51.1 Å². The Morgan fingerprint density at radius 2 is 2.30 bits per heavy atom. The van der Waals surface area contributed by atoms with Gasteiger partial charge in [-0.3, -0.25) is 4.79 Å². The first kappa shape index (κ1) is 19.6. The lowest BCUT2D eigenvalue weighted by atomic mass is 9.99. The summed E-state index contributed by atoms with van der Waals surface area (Å²) in [4.78, 5) is 16.6. The first-order chi connectivity index (χ1) is 13.1. The molecule has 0 aromatic heterocycles. The number of carbonyl (C=O) groups excluding carboxylic acids is 1. The zero-order valence-corrected chi connectivity index (χ0v) is 16.6. The molecule has 0 spiro atoms. The van der Waals surface area contributed by atoms with Crippen molar-refractivity contribution in [2.75, 3.05) is 40.3 Å². The van der Waals surface area contributed by atoms with E-state index in [1.165, 1.54) is 0 Å². The quantitative estimate of drug-likeness (QED) is 0.709. The van der Waals surface area contributed by atoms with Crippen LogP contribution >= 0.6 is 11.8 Å². The van der Waals surface area contributed by atoms with Gasteiger partial charge in [0.25, 0.3) is 5.91 Å². The maximum absolute atomic E-state index is 12.4. The van der Waals surface area contributed by atoms with Crippen molar-refractivity contribution in [3.8, 4) is 0 Å². The second-order valence-electron chi connectivity index (χ2n) is 6.72. The summed E-state index contributed by atoms with van der Waals surface area (Å²) >= 11 is 1.67. The summed E-state index contributed by atoms with van der Waals surface area (Å²) in [5.41, 5.74) is 13.4. The van der Waals surface area contributed by atoms with E-state index in [0.717, 1.165) is 34.1 Å². The van der Waals surface area contributed by atoms with Gasteiger partial charge in [-0.05, 0) is 50.9 Å². The Morgan fingerprint density at radius 3 is 3.07 bits per heavy atom. The van der Waals surface area contributed by atoms with Crippen LogP contribution < -0.4 is 11.1 Å². The van der Waals surface area contributed by atoms with Gasteiger partial charge in [0.1, 0.15) is 12.4 Å². The van der Waals surface area contributed by atoms with Gasteiger partial charge in [-0.15, -0.1) is 0 Å².